The summed E-state index contributed by atoms with van der Waals surface area (Å²) in [4.78, 5) is 36.5. The van der Waals surface area contributed by atoms with Crippen LogP contribution < -0.4 is 11.1 Å². The van der Waals surface area contributed by atoms with Gasteiger partial charge in [0.1, 0.15) is 0 Å². The normalized spacial score (nSPS) is 12.1. The first-order valence-electron chi connectivity index (χ1n) is 8.22. The number of nitrogens with one attached hydrogen (secondary N) is 4. The fourth-order valence-electron chi connectivity index (χ4n) is 3.20. The highest BCUT2D eigenvalue weighted by molar-refractivity contribution is 5.89. The van der Waals surface area contributed by atoms with Gasteiger partial charge in [0.15, 0.2) is 0 Å². The number of esters is 1. The molecule has 26 heavy (non-hydrogen) atoms. The van der Waals surface area contributed by atoms with Crippen molar-refractivity contribution in [2.45, 2.75) is 26.2 Å². The fourth-order valence-corrected chi connectivity index (χ4v) is 3.20. The molecule has 4 N–H and O–H groups in total. The van der Waals surface area contributed by atoms with Crippen LogP contribution in [0.3, 0.4) is 0 Å². The maximum atomic E-state index is 12.5. The Morgan fingerprint density at radius 1 is 1.00 bits per heavy atom. The van der Waals surface area contributed by atoms with E-state index in [2.05, 4.69) is 20.4 Å². The second kappa shape index (κ2) is 6.91. The molecule has 8 nitrogen and oxygen atoms in total. The van der Waals surface area contributed by atoms with Gasteiger partial charge in [0.05, 0.1) is 23.8 Å². The average Bonchev–Trinajstić information content (AvgIpc) is 3.19. The van der Waals surface area contributed by atoms with Crippen molar-refractivity contribution in [1.82, 2.24) is 20.4 Å². The second-order valence-electron chi connectivity index (χ2n) is 5.99. The molecule has 1 unspecified atom stereocenters. The standard InChI is InChI=1S/C18H20N4O4/c1-4-12-15(17(24)22-20-12)14(13-9(2)19-21-16(13)23)10-5-7-11(8-6-10)18(25)26-3/h5-8,14H,4H2,1-3H3,(H2,19,21,23)(H2,20,22,24). The molecule has 0 aliphatic rings. The number of carbonyl (C=O) groups excluding carboxylic acids is 1. The van der Waals surface area contributed by atoms with E-state index < -0.39 is 11.9 Å². The van der Waals surface area contributed by atoms with Gasteiger partial charge in [-0.3, -0.25) is 19.8 Å². The highest BCUT2D eigenvalue weighted by Crippen LogP contribution is 2.31. The van der Waals surface area contributed by atoms with Crippen LogP contribution in [-0.2, 0) is 11.2 Å². The summed E-state index contributed by atoms with van der Waals surface area (Å²) in [6.07, 6.45) is 0.603. The van der Waals surface area contributed by atoms with Crippen LogP contribution in [0.2, 0.25) is 0 Å². The van der Waals surface area contributed by atoms with Crippen LogP contribution in [0.25, 0.3) is 0 Å². The van der Waals surface area contributed by atoms with Gasteiger partial charge in [-0.15, -0.1) is 0 Å². The summed E-state index contributed by atoms with van der Waals surface area (Å²) in [5.41, 5.74) is 2.91. The van der Waals surface area contributed by atoms with Gasteiger partial charge in [-0.2, -0.15) is 0 Å². The third-order valence-corrected chi connectivity index (χ3v) is 4.50. The molecular weight excluding hydrogens is 336 g/mol. The van der Waals surface area contributed by atoms with Crippen molar-refractivity contribution < 1.29 is 9.53 Å². The van der Waals surface area contributed by atoms with Gasteiger partial charge in [-0.05, 0) is 31.0 Å². The highest BCUT2D eigenvalue weighted by Gasteiger charge is 2.28. The fraction of sp³-hybridized carbons (Fsp3) is 0.278. The Morgan fingerprint density at radius 2 is 1.62 bits per heavy atom. The van der Waals surface area contributed by atoms with E-state index in [1.807, 2.05) is 6.92 Å². The monoisotopic (exact) mass is 356 g/mol. The van der Waals surface area contributed by atoms with Gasteiger partial charge in [0.2, 0.25) is 0 Å². The minimum absolute atomic E-state index is 0.274. The zero-order valence-electron chi connectivity index (χ0n) is 14.7. The first-order chi connectivity index (χ1) is 12.5. The first kappa shape index (κ1) is 17.5. The lowest BCUT2D eigenvalue weighted by Crippen LogP contribution is -2.20. The number of H-pyrrole nitrogens is 4. The molecule has 0 radical (unpaired) electrons. The van der Waals surface area contributed by atoms with Crippen LogP contribution in [0.15, 0.2) is 33.9 Å². The molecule has 0 bridgehead atoms. The van der Waals surface area contributed by atoms with Crippen LogP contribution >= 0.6 is 0 Å². The zero-order chi connectivity index (χ0) is 18.8. The molecule has 0 fully saturated rings. The Bertz CT molecular complexity index is 1040. The van der Waals surface area contributed by atoms with Crippen LogP contribution in [0, 0.1) is 6.92 Å². The zero-order valence-corrected chi connectivity index (χ0v) is 14.7. The lowest BCUT2D eigenvalue weighted by atomic mass is 9.84. The summed E-state index contributed by atoms with van der Waals surface area (Å²) in [7, 11) is 1.31. The van der Waals surface area contributed by atoms with Gasteiger partial charge < -0.3 is 14.9 Å². The predicted molar refractivity (Wildman–Crippen MR) is 95.7 cm³/mol. The molecule has 8 heteroatoms. The van der Waals surface area contributed by atoms with Gasteiger partial charge in [-0.25, -0.2) is 4.79 Å². The van der Waals surface area contributed by atoms with Crippen LogP contribution in [0.1, 0.15) is 51.3 Å². The van der Waals surface area contributed by atoms with Crippen molar-refractivity contribution in [3.63, 3.8) is 0 Å². The molecule has 0 aliphatic carbocycles. The molecular formula is C18H20N4O4. The number of aromatic nitrogens is 4. The Hall–Kier alpha value is -3.29. The molecule has 2 heterocycles. The number of carbonyl (C=O) groups is 1. The molecule has 1 atom stereocenters. The van der Waals surface area contributed by atoms with Gasteiger partial charge in [-0.1, -0.05) is 19.1 Å². The van der Waals surface area contributed by atoms with Crippen molar-refractivity contribution in [3.05, 3.63) is 78.6 Å². The first-order valence-corrected chi connectivity index (χ1v) is 8.22. The van der Waals surface area contributed by atoms with E-state index in [1.54, 1.807) is 31.2 Å². The van der Waals surface area contributed by atoms with Crippen molar-refractivity contribution in [3.8, 4) is 0 Å². The quantitative estimate of drug-likeness (QED) is 0.518. The van der Waals surface area contributed by atoms with Gasteiger partial charge >= 0.3 is 5.97 Å². The number of ether oxygens (including phenoxy) is 1. The van der Waals surface area contributed by atoms with Crippen molar-refractivity contribution in [2.24, 2.45) is 0 Å². The van der Waals surface area contributed by atoms with E-state index in [9.17, 15) is 14.4 Å². The summed E-state index contributed by atoms with van der Waals surface area (Å²) in [6, 6.07) is 6.71. The number of hydrogen-bond donors (Lipinski definition) is 4. The number of methoxy groups -OCH3 is 1. The van der Waals surface area contributed by atoms with E-state index in [1.165, 1.54) is 7.11 Å². The molecule has 0 saturated carbocycles. The lowest BCUT2D eigenvalue weighted by molar-refractivity contribution is 0.0600. The lowest BCUT2D eigenvalue weighted by Gasteiger charge is -2.16. The molecule has 0 spiro atoms. The maximum absolute atomic E-state index is 12.5. The SMILES string of the molecule is CCc1[nH][nH]c(=O)c1C(c1ccc(C(=O)OC)cc1)c1c(C)[nH][nH]c1=O. The van der Waals surface area contributed by atoms with E-state index in [0.29, 0.717) is 28.8 Å². The number of aromatic amines is 4. The summed E-state index contributed by atoms with van der Waals surface area (Å²) in [6.45, 7) is 3.70. The van der Waals surface area contributed by atoms with E-state index in [0.717, 1.165) is 11.3 Å². The Labute approximate surface area is 148 Å². The molecule has 3 aromatic rings. The highest BCUT2D eigenvalue weighted by atomic mass is 16.5. The summed E-state index contributed by atoms with van der Waals surface area (Å²) >= 11 is 0. The minimum atomic E-state index is -0.568. The number of hydrogen-bond acceptors (Lipinski definition) is 4. The summed E-state index contributed by atoms with van der Waals surface area (Å²) in [5, 5.41) is 10.9. The molecule has 2 aromatic heterocycles. The summed E-state index contributed by atoms with van der Waals surface area (Å²) in [5.74, 6) is -1.01. The molecule has 0 saturated heterocycles. The van der Waals surface area contributed by atoms with Crippen molar-refractivity contribution >= 4 is 5.97 Å². The molecule has 136 valence electrons. The van der Waals surface area contributed by atoms with Crippen molar-refractivity contribution in [1.29, 1.82) is 0 Å². The Kier molecular flexibility index (Phi) is 4.66. The topological polar surface area (TPSA) is 124 Å². The molecule has 3 rings (SSSR count). The number of benzene rings is 1. The molecule has 0 amide bonds. The van der Waals surface area contributed by atoms with E-state index in [-0.39, 0.29) is 11.1 Å². The van der Waals surface area contributed by atoms with Crippen LogP contribution in [0.4, 0.5) is 0 Å². The molecule has 1 aromatic carbocycles. The number of rotatable bonds is 5. The third-order valence-electron chi connectivity index (χ3n) is 4.50. The average molecular weight is 356 g/mol. The van der Waals surface area contributed by atoms with Crippen LogP contribution in [-0.4, -0.2) is 33.5 Å². The summed E-state index contributed by atoms with van der Waals surface area (Å²) < 4.78 is 4.72. The minimum Gasteiger partial charge on any atom is -0.465 e. The second-order valence-corrected chi connectivity index (χ2v) is 5.99. The van der Waals surface area contributed by atoms with E-state index >= 15 is 0 Å². The van der Waals surface area contributed by atoms with E-state index in [4.69, 9.17) is 4.74 Å². The van der Waals surface area contributed by atoms with Crippen molar-refractivity contribution in [2.75, 3.05) is 7.11 Å². The smallest absolute Gasteiger partial charge is 0.337 e. The van der Waals surface area contributed by atoms with Gasteiger partial charge in [0, 0.05) is 17.3 Å². The van der Waals surface area contributed by atoms with Gasteiger partial charge in [0.25, 0.3) is 11.1 Å². The Morgan fingerprint density at radius 3 is 2.15 bits per heavy atom. The number of aryl methyl sites for hydroxylation is 2. The maximum Gasteiger partial charge on any atom is 0.337 e. The third kappa shape index (κ3) is 2.90. The molecule has 0 aliphatic heterocycles. The largest absolute Gasteiger partial charge is 0.465 e. The Balaban J connectivity index is 2.22. The van der Waals surface area contributed by atoms with Crippen LogP contribution in [0.5, 0.6) is 0 Å². The predicted octanol–water partition coefficient (Wildman–Crippen LogP) is 1.56.